The van der Waals surface area contributed by atoms with Crippen molar-refractivity contribution in [2.45, 2.75) is 20.3 Å². The van der Waals surface area contributed by atoms with Crippen molar-refractivity contribution >= 4 is 5.69 Å². The zero-order chi connectivity index (χ0) is 10.9. The van der Waals surface area contributed by atoms with E-state index in [1.54, 1.807) is 0 Å². The van der Waals surface area contributed by atoms with E-state index in [9.17, 15) is 0 Å². The van der Waals surface area contributed by atoms with Crippen LogP contribution in [0.5, 0.6) is 0 Å². The molecule has 0 aromatic heterocycles. The zero-order valence-corrected chi connectivity index (χ0v) is 9.25. The molecule has 1 aliphatic rings. The lowest BCUT2D eigenvalue weighted by Gasteiger charge is -2.07. The summed E-state index contributed by atoms with van der Waals surface area (Å²) < 4.78 is 0. The smallest absolute Gasteiger partial charge is 0.0992 e. The van der Waals surface area contributed by atoms with Crippen molar-refractivity contribution in [1.29, 1.82) is 5.26 Å². The van der Waals surface area contributed by atoms with Gasteiger partial charge in [0.1, 0.15) is 0 Å². The first-order valence-corrected chi connectivity index (χ1v) is 5.36. The molecule has 2 rings (SSSR count). The third kappa shape index (κ3) is 2.30. The van der Waals surface area contributed by atoms with Gasteiger partial charge >= 0.3 is 0 Å². The van der Waals surface area contributed by atoms with Crippen LogP contribution in [0, 0.1) is 22.7 Å². The summed E-state index contributed by atoms with van der Waals surface area (Å²) >= 11 is 0. The normalized spacial score (nSPS) is 21.8. The molecule has 0 heterocycles. The molecule has 0 spiro atoms. The van der Waals surface area contributed by atoms with E-state index >= 15 is 0 Å². The van der Waals surface area contributed by atoms with Crippen LogP contribution in [0.4, 0.5) is 5.69 Å². The van der Waals surface area contributed by atoms with Crippen molar-refractivity contribution < 1.29 is 0 Å². The molecule has 1 aliphatic carbocycles. The van der Waals surface area contributed by atoms with Crippen molar-refractivity contribution in [3.8, 4) is 6.07 Å². The fraction of sp³-hybridized carbons (Fsp3) is 0.462. The molecule has 2 heteroatoms. The Labute approximate surface area is 90.9 Å². The second kappa shape index (κ2) is 3.58. The highest BCUT2D eigenvalue weighted by molar-refractivity contribution is 5.49. The quantitative estimate of drug-likeness (QED) is 0.814. The van der Waals surface area contributed by atoms with Gasteiger partial charge in [-0.2, -0.15) is 5.26 Å². The highest BCUT2D eigenvalue weighted by Crippen LogP contribution is 2.51. The van der Waals surface area contributed by atoms with Crippen LogP contribution in [0.1, 0.15) is 25.8 Å². The molecule has 1 saturated carbocycles. The number of hydrogen-bond acceptors (Lipinski definition) is 2. The van der Waals surface area contributed by atoms with Gasteiger partial charge in [0.05, 0.1) is 11.6 Å². The zero-order valence-electron chi connectivity index (χ0n) is 9.25. The molecule has 78 valence electrons. The van der Waals surface area contributed by atoms with Crippen molar-refractivity contribution in [3.05, 3.63) is 29.8 Å². The molecule has 0 saturated heterocycles. The monoisotopic (exact) mass is 200 g/mol. The topological polar surface area (TPSA) is 35.8 Å². The first-order chi connectivity index (χ1) is 7.12. The number of anilines is 1. The van der Waals surface area contributed by atoms with E-state index in [1.165, 1.54) is 6.42 Å². The van der Waals surface area contributed by atoms with Crippen LogP contribution in [0.25, 0.3) is 0 Å². The average molecular weight is 200 g/mol. The van der Waals surface area contributed by atoms with Gasteiger partial charge < -0.3 is 5.32 Å². The van der Waals surface area contributed by atoms with E-state index < -0.39 is 0 Å². The van der Waals surface area contributed by atoms with Gasteiger partial charge in [0.25, 0.3) is 0 Å². The Morgan fingerprint density at radius 1 is 1.53 bits per heavy atom. The van der Waals surface area contributed by atoms with Crippen LogP contribution in [-0.4, -0.2) is 6.54 Å². The Bertz CT molecular complexity index is 401. The summed E-state index contributed by atoms with van der Waals surface area (Å²) in [6.45, 7) is 5.61. The van der Waals surface area contributed by atoms with Crippen molar-refractivity contribution in [3.63, 3.8) is 0 Å². The maximum Gasteiger partial charge on any atom is 0.0992 e. The van der Waals surface area contributed by atoms with Crippen LogP contribution in [0.2, 0.25) is 0 Å². The predicted octanol–water partition coefficient (Wildman–Crippen LogP) is 3.02. The molecule has 15 heavy (non-hydrogen) atoms. The highest BCUT2D eigenvalue weighted by Gasteiger charge is 2.44. The van der Waals surface area contributed by atoms with Crippen molar-refractivity contribution in [2.75, 3.05) is 11.9 Å². The molecule has 1 fully saturated rings. The summed E-state index contributed by atoms with van der Waals surface area (Å²) in [7, 11) is 0. The minimum Gasteiger partial charge on any atom is -0.385 e. The minimum absolute atomic E-state index is 0.514. The first kappa shape index (κ1) is 10.0. The van der Waals surface area contributed by atoms with Gasteiger partial charge in [-0.1, -0.05) is 19.9 Å². The number of benzene rings is 1. The van der Waals surface area contributed by atoms with Gasteiger partial charge in [-0.05, 0) is 36.0 Å². The summed E-state index contributed by atoms with van der Waals surface area (Å²) in [5.41, 5.74) is 2.28. The summed E-state index contributed by atoms with van der Waals surface area (Å²) in [6, 6.07) is 9.80. The lowest BCUT2D eigenvalue weighted by atomic mass is 10.1. The largest absolute Gasteiger partial charge is 0.385 e. The van der Waals surface area contributed by atoms with E-state index in [1.807, 2.05) is 24.3 Å². The molecule has 1 aromatic carbocycles. The van der Waals surface area contributed by atoms with E-state index in [-0.39, 0.29) is 0 Å². The molecule has 0 radical (unpaired) electrons. The fourth-order valence-electron chi connectivity index (χ4n) is 1.86. The third-order valence-electron chi connectivity index (χ3n) is 3.26. The Balaban J connectivity index is 1.92. The Morgan fingerprint density at radius 2 is 2.27 bits per heavy atom. The molecule has 0 aliphatic heterocycles. The second-order valence-corrected chi connectivity index (χ2v) is 4.96. The molecule has 1 aromatic rings. The maximum atomic E-state index is 8.76. The van der Waals surface area contributed by atoms with E-state index in [0.29, 0.717) is 5.41 Å². The Morgan fingerprint density at radius 3 is 2.87 bits per heavy atom. The number of nitrogens with one attached hydrogen (secondary N) is 1. The number of rotatable bonds is 3. The first-order valence-electron chi connectivity index (χ1n) is 5.36. The SMILES string of the molecule is CC1(C)CC1CNc1cccc(C#N)c1. The molecule has 0 bridgehead atoms. The van der Waals surface area contributed by atoms with Crippen molar-refractivity contribution in [2.24, 2.45) is 11.3 Å². The summed E-state index contributed by atoms with van der Waals surface area (Å²) in [5, 5.41) is 12.1. The summed E-state index contributed by atoms with van der Waals surface area (Å²) in [6.07, 6.45) is 1.30. The molecule has 1 N–H and O–H groups in total. The summed E-state index contributed by atoms with van der Waals surface area (Å²) in [5.74, 6) is 0.781. The Hall–Kier alpha value is -1.49. The van der Waals surface area contributed by atoms with E-state index in [4.69, 9.17) is 5.26 Å². The summed E-state index contributed by atoms with van der Waals surface area (Å²) in [4.78, 5) is 0. The van der Waals surface area contributed by atoms with Crippen LogP contribution in [0.3, 0.4) is 0 Å². The van der Waals surface area contributed by atoms with Crippen molar-refractivity contribution in [1.82, 2.24) is 0 Å². The number of nitriles is 1. The second-order valence-electron chi connectivity index (χ2n) is 4.96. The molecular formula is C13H16N2. The van der Waals surface area contributed by atoms with Crippen LogP contribution in [0.15, 0.2) is 24.3 Å². The lowest BCUT2D eigenvalue weighted by Crippen LogP contribution is -2.07. The fourth-order valence-corrected chi connectivity index (χ4v) is 1.86. The van der Waals surface area contributed by atoms with Gasteiger partial charge in [-0.15, -0.1) is 0 Å². The predicted molar refractivity (Wildman–Crippen MR) is 61.5 cm³/mol. The molecule has 0 amide bonds. The highest BCUT2D eigenvalue weighted by atomic mass is 14.9. The molecular weight excluding hydrogens is 184 g/mol. The van der Waals surface area contributed by atoms with Gasteiger partial charge in [-0.3, -0.25) is 0 Å². The number of hydrogen-bond donors (Lipinski definition) is 1. The minimum atomic E-state index is 0.514. The van der Waals surface area contributed by atoms with Crippen LogP contribution >= 0.6 is 0 Å². The molecule has 2 nitrogen and oxygen atoms in total. The third-order valence-corrected chi connectivity index (χ3v) is 3.26. The lowest BCUT2D eigenvalue weighted by molar-refractivity contribution is 0.573. The van der Waals surface area contributed by atoms with Gasteiger partial charge in [0.15, 0.2) is 0 Å². The van der Waals surface area contributed by atoms with Gasteiger partial charge in [0, 0.05) is 12.2 Å². The van der Waals surface area contributed by atoms with Gasteiger partial charge in [-0.25, -0.2) is 0 Å². The van der Waals surface area contributed by atoms with Crippen LogP contribution in [-0.2, 0) is 0 Å². The Kier molecular flexibility index (Phi) is 2.40. The van der Waals surface area contributed by atoms with Crippen LogP contribution < -0.4 is 5.32 Å². The van der Waals surface area contributed by atoms with E-state index in [2.05, 4.69) is 25.2 Å². The average Bonchev–Trinajstić information content (AvgIpc) is 2.84. The maximum absolute atomic E-state index is 8.76. The number of nitrogens with zero attached hydrogens (tertiary/aromatic N) is 1. The van der Waals surface area contributed by atoms with Gasteiger partial charge in [0.2, 0.25) is 0 Å². The molecule has 1 unspecified atom stereocenters. The standard InChI is InChI=1S/C13H16N2/c1-13(2)7-11(13)9-15-12-5-3-4-10(6-12)8-14/h3-6,11,15H,7,9H2,1-2H3. The molecule has 1 atom stereocenters. The van der Waals surface area contributed by atoms with E-state index in [0.717, 1.165) is 23.7 Å².